The van der Waals surface area contributed by atoms with Crippen LogP contribution >= 0.6 is 0 Å². The van der Waals surface area contributed by atoms with Crippen LogP contribution in [0.1, 0.15) is 26.2 Å². The van der Waals surface area contributed by atoms with Gasteiger partial charge in [0.1, 0.15) is 0 Å². The summed E-state index contributed by atoms with van der Waals surface area (Å²) in [7, 11) is -3.50. The topological polar surface area (TPSA) is 130 Å². The number of carboxylic acid groups (broad SMARTS) is 1. The third kappa shape index (κ3) is 4.97. The highest BCUT2D eigenvalue weighted by Crippen LogP contribution is 2.30. The smallest absolute Gasteiger partial charge is 0.317 e. The Balaban J connectivity index is 2.31. The van der Waals surface area contributed by atoms with E-state index in [0.717, 1.165) is 0 Å². The molecule has 9 heteroatoms. The van der Waals surface area contributed by atoms with Gasteiger partial charge in [-0.1, -0.05) is 0 Å². The van der Waals surface area contributed by atoms with Crippen LogP contribution in [0.15, 0.2) is 0 Å². The molecule has 0 unspecified atom stereocenters. The highest BCUT2D eigenvalue weighted by Gasteiger charge is 2.37. The number of carboxylic acids is 1. The molecule has 0 spiro atoms. The fourth-order valence-corrected chi connectivity index (χ4v) is 2.54. The van der Waals surface area contributed by atoms with Crippen molar-refractivity contribution in [3.8, 4) is 0 Å². The molecule has 1 saturated heterocycles. The molecule has 8 nitrogen and oxygen atoms in total. The molecule has 20 heavy (non-hydrogen) atoms. The Hall–Kier alpha value is -1.35. The van der Waals surface area contributed by atoms with Crippen LogP contribution in [0.25, 0.3) is 0 Å². The number of likely N-dealkylation sites (tertiary alicyclic amines) is 1. The van der Waals surface area contributed by atoms with Gasteiger partial charge in [-0.2, -0.15) is 0 Å². The molecule has 0 aromatic carbocycles. The van der Waals surface area contributed by atoms with Crippen LogP contribution < -0.4 is 10.5 Å². The number of nitrogens with one attached hydrogen (secondary N) is 1. The van der Waals surface area contributed by atoms with Gasteiger partial charge in [0.25, 0.3) is 0 Å². The number of piperidine rings is 1. The van der Waals surface area contributed by atoms with E-state index >= 15 is 0 Å². The molecule has 1 aliphatic heterocycles. The molecular formula is C11H21N3O5S. The standard InChI is InChI=1S/C11H21N3O5S/c1-11(9(15)16)3-6-14(7-4-11)10(17)13-5-2-8-20(12,18)19/h2-8H2,1H3,(H,13,17)(H,15,16)(H2,12,18,19). The van der Waals surface area contributed by atoms with Gasteiger partial charge in [-0.15, -0.1) is 0 Å². The summed E-state index contributed by atoms with van der Waals surface area (Å²) in [6.07, 6.45) is 1.07. The summed E-state index contributed by atoms with van der Waals surface area (Å²) in [5.41, 5.74) is -0.773. The fourth-order valence-electron chi connectivity index (χ4n) is 2.00. The summed E-state index contributed by atoms with van der Waals surface area (Å²) in [6.45, 7) is 2.66. The minimum absolute atomic E-state index is 0.176. The minimum Gasteiger partial charge on any atom is -0.481 e. The maximum absolute atomic E-state index is 11.8. The maximum atomic E-state index is 11.8. The first kappa shape index (κ1) is 16.7. The molecule has 0 aromatic rings. The number of carbonyl (C=O) groups excluding carboxylic acids is 1. The average molecular weight is 307 g/mol. The number of urea groups is 1. The van der Waals surface area contributed by atoms with Gasteiger partial charge in [0, 0.05) is 19.6 Å². The zero-order valence-electron chi connectivity index (χ0n) is 11.5. The first-order valence-corrected chi connectivity index (χ1v) is 8.12. The van der Waals surface area contributed by atoms with E-state index in [0.29, 0.717) is 25.9 Å². The predicted molar refractivity (Wildman–Crippen MR) is 72.5 cm³/mol. The molecule has 0 radical (unpaired) electrons. The van der Waals surface area contributed by atoms with E-state index in [-0.39, 0.29) is 24.7 Å². The van der Waals surface area contributed by atoms with Crippen LogP contribution in [0.5, 0.6) is 0 Å². The first-order chi connectivity index (χ1) is 9.14. The molecule has 116 valence electrons. The molecule has 0 bridgehead atoms. The van der Waals surface area contributed by atoms with E-state index in [4.69, 9.17) is 10.2 Å². The first-order valence-electron chi connectivity index (χ1n) is 6.41. The quantitative estimate of drug-likeness (QED) is 0.593. The normalized spacial score (nSPS) is 18.6. The van der Waals surface area contributed by atoms with Crippen LogP contribution in [0.2, 0.25) is 0 Å². The number of rotatable bonds is 5. The summed E-state index contributed by atoms with van der Waals surface area (Å²) in [5.74, 6) is -1.02. The van der Waals surface area contributed by atoms with Crippen LogP contribution in [0, 0.1) is 5.41 Å². The van der Waals surface area contributed by atoms with Crippen molar-refractivity contribution in [2.75, 3.05) is 25.4 Å². The molecule has 0 saturated carbocycles. The largest absolute Gasteiger partial charge is 0.481 e. The lowest BCUT2D eigenvalue weighted by molar-refractivity contribution is -0.150. The molecule has 1 rings (SSSR count). The van der Waals surface area contributed by atoms with Gasteiger partial charge in [0.15, 0.2) is 0 Å². The number of aliphatic carboxylic acids is 1. The Kier molecular flexibility index (Phi) is 5.35. The third-order valence-corrected chi connectivity index (χ3v) is 4.41. The third-order valence-electron chi connectivity index (χ3n) is 3.55. The highest BCUT2D eigenvalue weighted by molar-refractivity contribution is 7.89. The van der Waals surface area contributed by atoms with Crippen molar-refractivity contribution < 1.29 is 23.1 Å². The monoisotopic (exact) mass is 307 g/mol. The molecule has 0 aromatic heterocycles. The second kappa shape index (κ2) is 6.40. The van der Waals surface area contributed by atoms with E-state index in [1.54, 1.807) is 11.8 Å². The predicted octanol–water partition coefficient (Wildman–Crippen LogP) is -0.439. The van der Waals surface area contributed by atoms with Gasteiger partial charge in [-0.05, 0) is 26.2 Å². The number of amides is 2. The Bertz CT molecular complexity index is 468. The van der Waals surface area contributed by atoms with Gasteiger partial charge in [0.2, 0.25) is 10.0 Å². The summed E-state index contributed by atoms with van der Waals surface area (Å²) >= 11 is 0. The Labute approximate surface area is 118 Å². The summed E-state index contributed by atoms with van der Waals surface area (Å²) in [4.78, 5) is 24.4. The van der Waals surface area contributed by atoms with Crippen LogP contribution in [0.4, 0.5) is 4.79 Å². The van der Waals surface area contributed by atoms with Gasteiger partial charge in [0.05, 0.1) is 11.2 Å². The molecule has 4 N–H and O–H groups in total. The van der Waals surface area contributed by atoms with E-state index in [2.05, 4.69) is 5.32 Å². The van der Waals surface area contributed by atoms with Gasteiger partial charge in [-0.3, -0.25) is 4.79 Å². The van der Waals surface area contributed by atoms with E-state index in [1.165, 1.54) is 0 Å². The number of carbonyl (C=O) groups is 2. The zero-order valence-corrected chi connectivity index (χ0v) is 12.3. The zero-order chi connectivity index (χ0) is 15.4. The Morgan fingerprint density at radius 1 is 1.35 bits per heavy atom. The van der Waals surface area contributed by atoms with Crippen molar-refractivity contribution in [3.05, 3.63) is 0 Å². The molecule has 0 atom stereocenters. The van der Waals surface area contributed by atoms with E-state index < -0.39 is 21.4 Å². The van der Waals surface area contributed by atoms with Crippen LogP contribution in [-0.4, -0.2) is 55.8 Å². The minimum atomic E-state index is -3.50. The number of primary sulfonamides is 1. The average Bonchev–Trinajstić information content (AvgIpc) is 2.34. The van der Waals surface area contributed by atoms with Crippen molar-refractivity contribution in [1.82, 2.24) is 10.2 Å². The molecule has 0 aliphatic carbocycles. The molecule has 1 aliphatic rings. The SMILES string of the molecule is CC1(C(=O)O)CCN(C(=O)NCCCS(N)(=O)=O)CC1. The Morgan fingerprint density at radius 2 is 1.90 bits per heavy atom. The van der Waals surface area contributed by atoms with Crippen molar-refractivity contribution >= 4 is 22.0 Å². The molecule has 2 amide bonds. The number of nitrogens with two attached hydrogens (primary N) is 1. The number of sulfonamides is 1. The van der Waals surface area contributed by atoms with Crippen molar-refractivity contribution in [2.45, 2.75) is 26.2 Å². The summed E-state index contributed by atoms with van der Waals surface area (Å²) in [6, 6.07) is -0.299. The number of hydrogen-bond donors (Lipinski definition) is 3. The number of hydrogen-bond acceptors (Lipinski definition) is 4. The molecule has 1 heterocycles. The maximum Gasteiger partial charge on any atom is 0.317 e. The van der Waals surface area contributed by atoms with E-state index in [1.807, 2.05) is 0 Å². The number of nitrogens with zero attached hydrogens (tertiary/aromatic N) is 1. The lowest BCUT2D eigenvalue weighted by atomic mass is 9.80. The molecular weight excluding hydrogens is 286 g/mol. The van der Waals surface area contributed by atoms with Gasteiger partial charge >= 0.3 is 12.0 Å². The second-order valence-electron chi connectivity index (χ2n) is 5.31. The van der Waals surface area contributed by atoms with Gasteiger partial charge in [-0.25, -0.2) is 18.4 Å². The van der Waals surface area contributed by atoms with Crippen LogP contribution in [0.3, 0.4) is 0 Å². The Morgan fingerprint density at radius 3 is 2.35 bits per heavy atom. The highest BCUT2D eigenvalue weighted by atomic mass is 32.2. The second-order valence-corrected chi connectivity index (χ2v) is 7.04. The van der Waals surface area contributed by atoms with Gasteiger partial charge < -0.3 is 15.3 Å². The van der Waals surface area contributed by atoms with Crippen molar-refractivity contribution in [3.63, 3.8) is 0 Å². The summed E-state index contributed by atoms with van der Waals surface area (Å²) < 4.78 is 21.4. The van der Waals surface area contributed by atoms with E-state index in [9.17, 15) is 18.0 Å². The summed E-state index contributed by atoms with van der Waals surface area (Å²) in [5, 5.41) is 16.5. The molecule has 1 fully saturated rings. The van der Waals surface area contributed by atoms with Crippen molar-refractivity contribution in [2.24, 2.45) is 10.6 Å². The van der Waals surface area contributed by atoms with Crippen LogP contribution in [-0.2, 0) is 14.8 Å². The lowest BCUT2D eigenvalue weighted by Crippen LogP contribution is -2.48. The lowest BCUT2D eigenvalue weighted by Gasteiger charge is -2.36. The van der Waals surface area contributed by atoms with Crippen molar-refractivity contribution in [1.29, 1.82) is 0 Å². The fraction of sp³-hybridized carbons (Fsp3) is 0.818.